The van der Waals surface area contributed by atoms with Crippen molar-refractivity contribution in [3.8, 4) is 17.2 Å². The number of rotatable bonds is 19. The lowest BCUT2D eigenvalue weighted by Crippen LogP contribution is -2.42. The third-order valence-corrected chi connectivity index (χ3v) is 7.81. The molecule has 0 aliphatic heterocycles. The molecule has 0 bridgehead atoms. The first-order valence-electron chi connectivity index (χ1n) is 16.9. The van der Waals surface area contributed by atoms with Crippen LogP contribution < -0.4 is 24.8 Å². The maximum absolute atomic E-state index is 12.9. The van der Waals surface area contributed by atoms with Crippen LogP contribution in [0.25, 0.3) is 0 Å². The molecule has 10 heteroatoms. The predicted octanol–water partition coefficient (Wildman–Crippen LogP) is 7.26. The monoisotopic (exact) mass is 680 g/mol. The number of carbonyl (C=O) groups is 4. The van der Waals surface area contributed by atoms with Crippen LogP contribution in [-0.4, -0.2) is 48.1 Å². The van der Waals surface area contributed by atoms with Crippen LogP contribution in [0.5, 0.6) is 17.2 Å². The average molecular weight is 681 g/mol. The van der Waals surface area contributed by atoms with E-state index < -0.39 is 23.9 Å². The second-order valence-electron chi connectivity index (χ2n) is 11.8. The number of nitrogens with one attached hydrogen (secondary N) is 2. The Balaban J connectivity index is 1.23. The summed E-state index contributed by atoms with van der Waals surface area (Å²) in [5.41, 5.74) is 2.57. The number of hydrogen-bond donors (Lipinski definition) is 3. The molecule has 2 amide bonds. The fourth-order valence-electron chi connectivity index (χ4n) is 5.09. The number of ether oxygens (including phenoxy) is 3. The Morgan fingerprint density at radius 2 is 1.24 bits per heavy atom. The van der Waals surface area contributed by atoms with Gasteiger partial charge in [0.2, 0.25) is 5.91 Å². The number of amides is 2. The fraction of sp³-hybridized carbons (Fsp3) is 0.300. The summed E-state index contributed by atoms with van der Waals surface area (Å²) < 4.78 is 16.7. The van der Waals surface area contributed by atoms with Gasteiger partial charge in [-0.3, -0.25) is 9.59 Å². The molecular weight excluding hydrogens is 636 g/mol. The zero-order valence-corrected chi connectivity index (χ0v) is 28.5. The maximum atomic E-state index is 12.9. The van der Waals surface area contributed by atoms with Crippen molar-refractivity contribution in [1.29, 1.82) is 0 Å². The molecule has 0 aliphatic rings. The number of anilines is 1. The van der Waals surface area contributed by atoms with Crippen molar-refractivity contribution in [2.24, 2.45) is 0 Å². The fourth-order valence-corrected chi connectivity index (χ4v) is 5.09. The smallest absolute Gasteiger partial charge is 0.343 e. The van der Waals surface area contributed by atoms with Crippen LogP contribution in [0, 0.1) is 0 Å². The molecule has 50 heavy (non-hydrogen) atoms. The Morgan fingerprint density at radius 1 is 0.660 bits per heavy atom. The van der Waals surface area contributed by atoms with Crippen molar-refractivity contribution in [1.82, 2.24) is 5.32 Å². The average Bonchev–Trinajstić information content (AvgIpc) is 3.11. The van der Waals surface area contributed by atoms with Gasteiger partial charge in [0.05, 0.1) is 25.2 Å². The van der Waals surface area contributed by atoms with Gasteiger partial charge in [-0.1, -0.05) is 56.9 Å². The molecule has 0 aromatic heterocycles. The molecule has 0 unspecified atom stereocenters. The first kappa shape index (κ1) is 37.2. The molecule has 0 fully saturated rings. The van der Waals surface area contributed by atoms with Crippen molar-refractivity contribution in [2.75, 3.05) is 18.5 Å². The number of hydrogen-bond acceptors (Lipinski definition) is 7. The second-order valence-corrected chi connectivity index (χ2v) is 11.8. The summed E-state index contributed by atoms with van der Waals surface area (Å²) >= 11 is 0. The van der Waals surface area contributed by atoms with E-state index in [-0.39, 0.29) is 24.3 Å². The maximum Gasteiger partial charge on any atom is 0.343 e. The van der Waals surface area contributed by atoms with E-state index in [2.05, 4.69) is 17.6 Å². The van der Waals surface area contributed by atoms with Crippen LogP contribution in [0.15, 0.2) is 97.1 Å². The zero-order valence-electron chi connectivity index (χ0n) is 28.5. The van der Waals surface area contributed by atoms with Crippen LogP contribution in [-0.2, 0) is 22.4 Å². The predicted molar refractivity (Wildman–Crippen MR) is 191 cm³/mol. The van der Waals surface area contributed by atoms with Crippen molar-refractivity contribution in [2.45, 2.75) is 64.8 Å². The summed E-state index contributed by atoms with van der Waals surface area (Å²) in [4.78, 5) is 50.1. The minimum absolute atomic E-state index is 0.00898. The van der Waals surface area contributed by atoms with Crippen molar-refractivity contribution in [3.63, 3.8) is 0 Å². The standard InChI is InChI=1S/C40H44N2O8/c1-3-5-6-7-8-25-49-34-23-15-31(16-24-34)40(47)50-35-21-11-28(12-22-35)26-36(39(45)46)42-38(44)30-13-17-32(18-14-30)41-37(43)27-29-9-19-33(20-10-29)48-4-2/h9-24,36H,3-8,25-27H2,1-2H3,(H,41,43)(H,42,44)(H,45,46)/t36-/m0/s1. The Bertz CT molecular complexity index is 1690. The topological polar surface area (TPSA) is 140 Å². The van der Waals surface area contributed by atoms with Gasteiger partial charge in [-0.15, -0.1) is 0 Å². The van der Waals surface area contributed by atoms with E-state index in [0.717, 1.165) is 24.2 Å². The van der Waals surface area contributed by atoms with Crippen molar-refractivity contribution >= 4 is 29.4 Å². The van der Waals surface area contributed by atoms with Gasteiger partial charge in [0.1, 0.15) is 23.3 Å². The summed E-state index contributed by atoms with van der Waals surface area (Å²) in [6.07, 6.45) is 5.93. The highest BCUT2D eigenvalue weighted by Crippen LogP contribution is 2.19. The lowest BCUT2D eigenvalue weighted by Gasteiger charge is -2.15. The van der Waals surface area contributed by atoms with E-state index in [0.29, 0.717) is 41.5 Å². The van der Waals surface area contributed by atoms with Crippen molar-refractivity contribution in [3.05, 3.63) is 119 Å². The molecule has 0 spiro atoms. The highest BCUT2D eigenvalue weighted by atomic mass is 16.5. The van der Waals surface area contributed by atoms with E-state index in [4.69, 9.17) is 14.2 Å². The Morgan fingerprint density at radius 3 is 1.88 bits per heavy atom. The van der Waals surface area contributed by atoms with E-state index in [1.165, 1.54) is 31.4 Å². The molecule has 4 aromatic carbocycles. The molecule has 4 rings (SSSR count). The first-order valence-corrected chi connectivity index (χ1v) is 16.9. The van der Waals surface area contributed by atoms with E-state index in [1.54, 1.807) is 60.7 Å². The number of carboxylic acid groups (broad SMARTS) is 1. The molecule has 262 valence electrons. The van der Waals surface area contributed by atoms with Gasteiger partial charge >= 0.3 is 11.9 Å². The molecule has 10 nitrogen and oxygen atoms in total. The number of carboxylic acids is 1. The van der Waals surface area contributed by atoms with Gasteiger partial charge in [0.15, 0.2) is 0 Å². The summed E-state index contributed by atoms with van der Waals surface area (Å²) in [6.45, 7) is 5.28. The molecular formula is C40H44N2O8. The largest absolute Gasteiger partial charge is 0.494 e. The lowest BCUT2D eigenvalue weighted by atomic mass is 10.0. The Hall–Kier alpha value is -5.64. The SMILES string of the molecule is CCCCCCCOc1ccc(C(=O)Oc2ccc(C[C@H](NC(=O)c3ccc(NC(=O)Cc4ccc(OCC)cc4)cc3)C(=O)O)cc2)cc1. The zero-order chi connectivity index (χ0) is 35.7. The minimum Gasteiger partial charge on any atom is -0.494 e. The third kappa shape index (κ3) is 12.1. The van der Waals surface area contributed by atoms with E-state index in [1.807, 2.05) is 31.2 Å². The van der Waals surface area contributed by atoms with Gasteiger partial charge in [-0.25, -0.2) is 9.59 Å². The van der Waals surface area contributed by atoms with Gasteiger partial charge in [0, 0.05) is 17.7 Å². The quantitative estimate of drug-likeness (QED) is 0.0534. The first-order chi connectivity index (χ1) is 24.2. The van der Waals surface area contributed by atoms with Gasteiger partial charge in [0.25, 0.3) is 5.91 Å². The van der Waals surface area contributed by atoms with Crippen LogP contribution in [0.1, 0.15) is 77.8 Å². The number of benzene rings is 4. The Kier molecular flexibility index (Phi) is 14.4. The highest BCUT2D eigenvalue weighted by molar-refractivity contribution is 5.98. The summed E-state index contributed by atoms with van der Waals surface area (Å²) in [6, 6.07) is 25.5. The minimum atomic E-state index is -1.21. The van der Waals surface area contributed by atoms with Crippen LogP contribution >= 0.6 is 0 Å². The summed E-state index contributed by atoms with van der Waals surface area (Å²) in [5.74, 6) is -0.792. The van der Waals surface area contributed by atoms with Gasteiger partial charge < -0.3 is 30.0 Å². The van der Waals surface area contributed by atoms with Gasteiger partial charge in [-0.05, 0) is 97.3 Å². The molecule has 1 atom stereocenters. The number of carbonyl (C=O) groups excluding carboxylic acids is 3. The molecule has 4 aromatic rings. The second kappa shape index (κ2) is 19.4. The van der Waals surface area contributed by atoms with Crippen LogP contribution in [0.3, 0.4) is 0 Å². The molecule has 0 aliphatic carbocycles. The molecule has 3 N–H and O–H groups in total. The number of unbranched alkanes of at least 4 members (excludes halogenated alkanes) is 4. The van der Waals surface area contributed by atoms with Crippen LogP contribution in [0.2, 0.25) is 0 Å². The van der Waals surface area contributed by atoms with Crippen molar-refractivity contribution < 1.29 is 38.5 Å². The van der Waals surface area contributed by atoms with E-state index >= 15 is 0 Å². The van der Waals surface area contributed by atoms with Crippen LogP contribution in [0.4, 0.5) is 5.69 Å². The lowest BCUT2D eigenvalue weighted by molar-refractivity contribution is -0.139. The highest BCUT2D eigenvalue weighted by Gasteiger charge is 2.21. The molecule has 0 radical (unpaired) electrons. The molecule has 0 saturated carbocycles. The summed E-state index contributed by atoms with van der Waals surface area (Å²) in [5, 5.41) is 15.1. The summed E-state index contributed by atoms with van der Waals surface area (Å²) in [7, 11) is 0. The third-order valence-electron chi connectivity index (χ3n) is 7.81. The van der Waals surface area contributed by atoms with E-state index in [9.17, 15) is 24.3 Å². The molecule has 0 heterocycles. The normalized spacial score (nSPS) is 11.2. The van der Waals surface area contributed by atoms with Gasteiger partial charge in [-0.2, -0.15) is 0 Å². The number of esters is 1. The number of aliphatic carboxylic acids is 1. The Labute approximate surface area is 292 Å². The molecule has 0 saturated heterocycles.